The van der Waals surface area contributed by atoms with Gasteiger partial charge < -0.3 is 9.84 Å². The van der Waals surface area contributed by atoms with Crippen molar-refractivity contribution in [3.63, 3.8) is 0 Å². The fourth-order valence-corrected chi connectivity index (χ4v) is 3.22. The lowest BCUT2D eigenvalue weighted by atomic mass is 9.97. The summed E-state index contributed by atoms with van der Waals surface area (Å²) < 4.78 is 20.5. The minimum atomic E-state index is -2.00. The molecular weight excluding hydrogens is 399 g/mol. The maximum atomic E-state index is 14.5. The summed E-state index contributed by atoms with van der Waals surface area (Å²) in [6, 6.07) is 8.53. The zero-order valence-electron chi connectivity index (χ0n) is 15.8. The molecule has 0 spiro atoms. The number of benzene rings is 1. The summed E-state index contributed by atoms with van der Waals surface area (Å²) >= 11 is 5.87. The third-order valence-electron chi connectivity index (χ3n) is 4.70. The molecule has 1 aliphatic rings. The molecule has 0 saturated carbocycles. The lowest BCUT2D eigenvalue weighted by molar-refractivity contribution is -0.0748. The van der Waals surface area contributed by atoms with E-state index in [0.29, 0.717) is 23.4 Å². The predicted octanol–water partition coefficient (Wildman–Crippen LogP) is 3.88. The quantitative estimate of drug-likeness (QED) is 0.737. The number of rotatable bonds is 7. The van der Waals surface area contributed by atoms with Gasteiger partial charge in [-0.05, 0) is 48.3 Å². The number of allylic oxidation sites excluding steroid dienone is 2. The lowest BCUT2D eigenvalue weighted by Gasteiger charge is -2.24. The van der Waals surface area contributed by atoms with E-state index in [4.69, 9.17) is 16.3 Å². The molecule has 0 amide bonds. The van der Waals surface area contributed by atoms with Crippen LogP contribution in [-0.2, 0) is 17.7 Å². The van der Waals surface area contributed by atoms with Crippen LogP contribution in [0.2, 0.25) is 5.02 Å². The Balaban J connectivity index is 1.86. The maximum absolute atomic E-state index is 14.5. The van der Waals surface area contributed by atoms with Gasteiger partial charge >= 0.3 is 5.97 Å². The molecule has 1 aliphatic carbocycles. The largest absolute Gasteiger partial charge is 0.477 e. The highest BCUT2D eigenvalue weighted by atomic mass is 35.5. The SMILES string of the molecule is COC1(F)C=CC=C(c2cc(C(=O)O)c(=O)n(CCCc3ccc(Cl)cc3)n2)C1. The molecule has 0 radical (unpaired) electrons. The average molecular weight is 419 g/mol. The van der Waals surface area contributed by atoms with Crippen molar-refractivity contribution in [2.75, 3.05) is 7.11 Å². The van der Waals surface area contributed by atoms with Gasteiger partial charge in [0, 0.05) is 25.1 Å². The molecule has 6 nitrogen and oxygen atoms in total. The van der Waals surface area contributed by atoms with Gasteiger partial charge in [0.25, 0.3) is 5.56 Å². The van der Waals surface area contributed by atoms with E-state index < -0.39 is 22.9 Å². The number of carboxylic acids is 1. The number of carboxylic acid groups (broad SMARTS) is 1. The van der Waals surface area contributed by atoms with Crippen molar-refractivity contribution >= 4 is 23.1 Å². The van der Waals surface area contributed by atoms with Crippen molar-refractivity contribution in [2.24, 2.45) is 0 Å². The molecular formula is C21H20ClFN2O4. The van der Waals surface area contributed by atoms with E-state index in [1.807, 2.05) is 12.1 Å². The molecule has 0 saturated heterocycles. The second-order valence-corrected chi connectivity index (χ2v) is 7.16. The van der Waals surface area contributed by atoms with Crippen LogP contribution in [0.5, 0.6) is 0 Å². The van der Waals surface area contributed by atoms with Crippen LogP contribution in [0.4, 0.5) is 4.39 Å². The number of halogens is 2. The monoisotopic (exact) mass is 418 g/mol. The van der Waals surface area contributed by atoms with Crippen LogP contribution in [0.25, 0.3) is 5.57 Å². The number of nitrogens with zero attached hydrogens (tertiary/aromatic N) is 2. The molecule has 0 aliphatic heterocycles. The third kappa shape index (κ3) is 4.99. The summed E-state index contributed by atoms with van der Waals surface area (Å²) in [5.74, 6) is -3.35. The van der Waals surface area contributed by atoms with Crippen molar-refractivity contribution in [1.82, 2.24) is 9.78 Å². The molecule has 29 heavy (non-hydrogen) atoms. The van der Waals surface area contributed by atoms with E-state index in [0.717, 1.165) is 10.2 Å². The average Bonchev–Trinajstić information content (AvgIpc) is 2.70. The number of aromatic nitrogens is 2. The van der Waals surface area contributed by atoms with Crippen LogP contribution in [0.3, 0.4) is 0 Å². The van der Waals surface area contributed by atoms with E-state index in [1.165, 1.54) is 25.3 Å². The molecule has 0 fully saturated rings. The second kappa shape index (κ2) is 8.71. The highest BCUT2D eigenvalue weighted by molar-refractivity contribution is 6.30. The van der Waals surface area contributed by atoms with E-state index in [1.54, 1.807) is 18.2 Å². The first-order chi connectivity index (χ1) is 13.8. The Morgan fingerprint density at radius 3 is 2.76 bits per heavy atom. The fourth-order valence-electron chi connectivity index (χ4n) is 3.09. The van der Waals surface area contributed by atoms with Gasteiger partial charge in [0.15, 0.2) is 0 Å². The first kappa shape index (κ1) is 21.0. The highest BCUT2D eigenvalue weighted by Crippen LogP contribution is 2.32. The Morgan fingerprint density at radius 1 is 1.38 bits per heavy atom. The first-order valence-corrected chi connectivity index (χ1v) is 9.42. The Bertz CT molecular complexity index is 1030. The summed E-state index contributed by atoms with van der Waals surface area (Å²) in [5.41, 5.74) is 0.628. The van der Waals surface area contributed by atoms with E-state index in [-0.39, 0.29) is 18.7 Å². The topological polar surface area (TPSA) is 81.4 Å². The Morgan fingerprint density at radius 2 is 2.10 bits per heavy atom. The molecule has 2 aromatic rings. The number of carbonyl (C=O) groups is 1. The number of methoxy groups -OCH3 is 1. The summed E-state index contributed by atoms with van der Waals surface area (Å²) in [7, 11) is 1.25. The van der Waals surface area contributed by atoms with Crippen LogP contribution in [0.1, 0.15) is 34.5 Å². The van der Waals surface area contributed by atoms with Crippen LogP contribution in [0.15, 0.2) is 53.4 Å². The molecule has 1 heterocycles. The van der Waals surface area contributed by atoms with Crippen molar-refractivity contribution in [1.29, 1.82) is 0 Å². The Kier molecular flexibility index (Phi) is 6.30. The Labute approximate surface area is 171 Å². The van der Waals surface area contributed by atoms with Gasteiger partial charge in [-0.3, -0.25) is 4.79 Å². The summed E-state index contributed by atoms with van der Waals surface area (Å²) in [6.45, 7) is 0.226. The van der Waals surface area contributed by atoms with Crippen molar-refractivity contribution in [3.8, 4) is 0 Å². The minimum Gasteiger partial charge on any atom is -0.477 e. The number of ether oxygens (including phenoxy) is 1. The Hall–Kier alpha value is -2.77. The number of aromatic carboxylic acids is 1. The second-order valence-electron chi connectivity index (χ2n) is 6.72. The van der Waals surface area contributed by atoms with Crippen LogP contribution < -0.4 is 5.56 Å². The summed E-state index contributed by atoms with van der Waals surface area (Å²) in [6.07, 6.45) is 5.50. The molecule has 152 valence electrons. The van der Waals surface area contributed by atoms with Gasteiger partial charge in [0.1, 0.15) is 5.56 Å². The van der Waals surface area contributed by atoms with Crippen LogP contribution in [0, 0.1) is 0 Å². The van der Waals surface area contributed by atoms with E-state index >= 15 is 0 Å². The van der Waals surface area contributed by atoms with Crippen molar-refractivity contribution in [3.05, 3.63) is 80.8 Å². The molecule has 1 aromatic carbocycles. The molecule has 1 atom stereocenters. The van der Waals surface area contributed by atoms with Gasteiger partial charge in [-0.1, -0.05) is 35.9 Å². The van der Waals surface area contributed by atoms with E-state index in [2.05, 4.69) is 5.10 Å². The van der Waals surface area contributed by atoms with Crippen LogP contribution >= 0.6 is 11.6 Å². The van der Waals surface area contributed by atoms with Gasteiger partial charge in [0.2, 0.25) is 5.85 Å². The highest BCUT2D eigenvalue weighted by Gasteiger charge is 2.31. The number of hydrogen-bond acceptors (Lipinski definition) is 4. The fraction of sp³-hybridized carbons (Fsp3) is 0.286. The summed E-state index contributed by atoms with van der Waals surface area (Å²) in [5, 5.41) is 14.3. The van der Waals surface area contributed by atoms with Gasteiger partial charge in [-0.2, -0.15) is 5.10 Å². The molecule has 0 bridgehead atoms. The van der Waals surface area contributed by atoms with Gasteiger partial charge in [0.05, 0.1) is 5.69 Å². The van der Waals surface area contributed by atoms with Crippen LogP contribution in [-0.4, -0.2) is 33.8 Å². The maximum Gasteiger partial charge on any atom is 0.341 e. The van der Waals surface area contributed by atoms with Crippen molar-refractivity contribution < 1.29 is 19.0 Å². The molecule has 8 heteroatoms. The minimum absolute atomic E-state index is 0.130. The molecule has 1 unspecified atom stereocenters. The zero-order chi connectivity index (χ0) is 21.0. The normalized spacial score (nSPS) is 18.5. The van der Waals surface area contributed by atoms with Gasteiger partial charge in [-0.25, -0.2) is 13.9 Å². The first-order valence-electron chi connectivity index (χ1n) is 9.04. The van der Waals surface area contributed by atoms with Crippen molar-refractivity contribution in [2.45, 2.75) is 31.7 Å². The van der Waals surface area contributed by atoms with Gasteiger partial charge in [-0.15, -0.1) is 0 Å². The smallest absolute Gasteiger partial charge is 0.341 e. The number of hydrogen-bond donors (Lipinski definition) is 1. The van der Waals surface area contributed by atoms with E-state index in [9.17, 15) is 19.1 Å². The molecule has 1 N–H and O–H groups in total. The number of aryl methyl sites for hydroxylation is 2. The molecule has 1 aromatic heterocycles. The molecule has 3 rings (SSSR count). The summed E-state index contributed by atoms with van der Waals surface area (Å²) in [4.78, 5) is 24.0. The predicted molar refractivity (Wildman–Crippen MR) is 108 cm³/mol. The third-order valence-corrected chi connectivity index (χ3v) is 4.95. The number of alkyl halides is 1. The zero-order valence-corrected chi connectivity index (χ0v) is 16.5. The standard InChI is InChI=1S/C21H20ClFN2O4/c1-29-21(23)10-2-5-15(13-21)18-12-17(20(27)28)19(26)25(24-18)11-3-4-14-6-8-16(22)9-7-14/h2,5-10,12H,3-4,11,13H2,1H3,(H,27,28). The lowest BCUT2D eigenvalue weighted by Crippen LogP contribution is -2.31.